The van der Waals surface area contributed by atoms with Crippen molar-refractivity contribution < 1.29 is 80.3 Å². The molecule has 2 N–H and O–H groups in total. The molecule has 0 aliphatic carbocycles. The van der Waals surface area contributed by atoms with Gasteiger partial charge >= 0.3 is 0 Å². The standard InChI is InChI=1S/C2H6O.CH4O.2CH4.2Rh.U/c1-2-3;1-2;;;;;/h3H,2H2,1H3;2H,1H3;2*1H4;;;. The first-order chi connectivity index (χ1) is 2.41. The predicted molar refractivity (Wildman–Crippen MR) is 34.4 cm³/mol. The van der Waals surface area contributed by atoms with Gasteiger partial charge in [-0.3, -0.25) is 0 Å². The molecule has 72 valence electrons. The molecular formula is C5H18O2Rh2U. The summed E-state index contributed by atoms with van der Waals surface area (Å²) in [6.07, 6.45) is 0. The number of aliphatic hydroxyl groups excluding tert-OH is 2. The maximum absolute atomic E-state index is 7.57. The van der Waals surface area contributed by atoms with Crippen molar-refractivity contribution in [3.63, 3.8) is 0 Å². The first-order valence-corrected chi connectivity index (χ1v) is 1.47. The summed E-state index contributed by atoms with van der Waals surface area (Å²) in [5.74, 6) is 0. The van der Waals surface area contributed by atoms with Crippen LogP contribution in [0.4, 0.5) is 0 Å². The van der Waals surface area contributed by atoms with Crippen LogP contribution in [0.3, 0.4) is 0 Å². The molecule has 0 aliphatic heterocycles. The third-order valence-electron chi connectivity index (χ3n) is 0. The van der Waals surface area contributed by atoms with E-state index in [1.165, 1.54) is 0 Å². The number of rotatable bonds is 0. The first kappa shape index (κ1) is 56.5. The molecule has 5 heteroatoms. The summed E-state index contributed by atoms with van der Waals surface area (Å²) >= 11 is 0. The Labute approximate surface area is 114 Å². The van der Waals surface area contributed by atoms with Crippen LogP contribution < -0.4 is 0 Å². The summed E-state index contributed by atoms with van der Waals surface area (Å²) in [5, 5.41) is 14.6. The molecule has 0 atom stereocenters. The summed E-state index contributed by atoms with van der Waals surface area (Å²) in [6, 6.07) is 0. The van der Waals surface area contributed by atoms with Crippen LogP contribution in [0, 0.1) is 31.1 Å². The molecule has 0 aromatic heterocycles. The van der Waals surface area contributed by atoms with Crippen LogP contribution in [-0.2, 0) is 39.0 Å². The fourth-order valence-corrected chi connectivity index (χ4v) is 0. The Kier molecular flexibility index (Phi) is 638. The van der Waals surface area contributed by atoms with Crippen molar-refractivity contribution in [2.24, 2.45) is 0 Å². The minimum atomic E-state index is 0. The summed E-state index contributed by atoms with van der Waals surface area (Å²) < 4.78 is 0. The average molecular weight is 554 g/mol. The third-order valence-corrected chi connectivity index (χ3v) is 0. The molecule has 0 aromatic carbocycles. The fraction of sp³-hybridized carbons (Fsp3) is 1.00. The molecule has 2 nitrogen and oxygen atoms in total. The Bertz CT molecular complexity index is 17.6. The molecule has 0 unspecified atom stereocenters. The van der Waals surface area contributed by atoms with Gasteiger partial charge in [-0.25, -0.2) is 0 Å². The zero-order valence-corrected chi connectivity index (χ0v) is 12.2. The molecule has 2 radical (unpaired) electrons. The molecule has 0 aromatic rings. The van der Waals surface area contributed by atoms with E-state index in [1.807, 2.05) is 0 Å². The smallest absolute Gasteiger partial charge is 0.0402 e. The molecule has 10 heavy (non-hydrogen) atoms. The summed E-state index contributed by atoms with van der Waals surface area (Å²) in [5.41, 5.74) is 0. The van der Waals surface area contributed by atoms with Crippen molar-refractivity contribution in [3.05, 3.63) is 0 Å². The van der Waals surface area contributed by atoms with Crippen LogP contribution in [0.1, 0.15) is 21.8 Å². The normalized spacial score (nSPS) is 2.40. The fourth-order valence-electron chi connectivity index (χ4n) is 0. The van der Waals surface area contributed by atoms with Gasteiger partial charge in [0.05, 0.1) is 0 Å². The van der Waals surface area contributed by atoms with Crippen molar-refractivity contribution in [3.8, 4) is 0 Å². The molecule has 0 spiro atoms. The van der Waals surface area contributed by atoms with E-state index in [1.54, 1.807) is 6.92 Å². The van der Waals surface area contributed by atoms with Gasteiger partial charge in [-0.1, -0.05) is 14.9 Å². The quantitative estimate of drug-likeness (QED) is 0.437. The van der Waals surface area contributed by atoms with Gasteiger partial charge in [-0.2, -0.15) is 0 Å². The van der Waals surface area contributed by atoms with E-state index in [-0.39, 0.29) is 91.5 Å². The van der Waals surface area contributed by atoms with Crippen molar-refractivity contribution in [1.82, 2.24) is 0 Å². The van der Waals surface area contributed by atoms with Gasteiger partial charge in [0.1, 0.15) is 0 Å². The van der Waals surface area contributed by atoms with E-state index >= 15 is 0 Å². The second kappa shape index (κ2) is 113. The topological polar surface area (TPSA) is 40.5 Å². The van der Waals surface area contributed by atoms with Crippen molar-refractivity contribution >= 4 is 0 Å². The van der Waals surface area contributed by atoms with Crippen molar-refractivity contribution in [2.75, 3.05) is 13.7 Å². The van der Waals surface area contributed by atoms with E-state index in [2.05, 4.69) is 0 Å². The van der Waals surface area contributed by atoms with E-state index in [0.717, 1.165) is 7.11 Å². The number of aliphatic hydroxyl groups is 2. The van der Waals surface area contributed by atoms with Gasteiger partial charge < -0.3 is 10.2 Å². The molecular weight excluding hydrogens is 536 g/mol. The van der Waals surface area contributed by atoms with Gasteiger partial charge in [0, 0.05) is 83.8 Å². The summed E-state index contributed by atoms with van der Waals surface area (Å²) in [6.45, 7) is 1.93. The molecule has 0 heterocycles. The molecule has 0 saturated heterocycles. The maximum atomic E-state index is 7.57. The predicted octanol–water partition coefficient (Wildman–Crippen LogP) is 0.874. The van der Waals surface area contributed by atoms with Gasteiger partial charge in [-0.15, -0.1) is 0 Å². The van der Waals surface area contributed by atoms with Crippen LogP contribution >= 0.6 is 0 Å². The zero-order valence-electron chi connectivity index (χ0n) is 4.77. The van der Waals surface area contributed by atoms with Crippen LogP contribution in [0.2, 0.25) is 0 Å². The van der Waals surface area contributed by atoms with Gasteiger partial charge in [0.2, 0.25) is 0 Å². The average Bonchev–Trinajstić information content (AvgIpc) is 1.46. The van der Waals surface area contributed by atoms with E-state index < -0.39 is 0 Å². The molecule has 0 aliphatic rings. The van der Waals surface area contributed by atoms with Crippen molar-refractivity contribution in [2.45, 2.75) is 21.8 Å². The third kappa shape index (κ3) is 176. The molecule has 0 saturated carbocycles. The maximum Gasteiger partial charge on any atom is 0.0402 e. The Morgan fingerprint density at radius 2 is 1.00 bits per heavy atom. The second-order valence-corrected chi connectivity index (χ2v) is 0.316. The minimum absolute atomic E-state index is 0. The van der Waals surface area contributed by atoms with Gasteiger partial charge in [-0.05, 0) is 6.92 Å². The van der Waals surface area contributed by atoms with E-state index in [9.17, 15) is 0 Å². The first-order valence-electron chi connectivity index (χ1n) is 1.47. The Balaban J connectivity index is -0.00000000246. The largest absolute Gasteiger partial charge is 0.400 e. The van der Waals surface area contributed by atoms with Crippen LogP contribution in [0.15, 0.2) is 0 Å². The molecule has 0 amide bonds. The summed E-state index contributed by atoms with van der Waals surface area (Å²) in [7, 11) is 1.00. The van der Waals surface area contributed by atoms with E-state index in [0.29, 0.717) is 0 Å². The van der Waals surface area contributed by atoms with Crippen LogP contribution in [0.5, 0.6) is 0 Å². The van der Waals surface area contributed by atoms with Gasteiger partial charge in [0.15, 0.2) is 0 Å². The Morgan fingerprint density at radius 3 is 1.00 bits per heavy atom. The van der Waals surface area contributed by atoms with Gasteiger partial charge in [0.25, 0.3) is 0 Å². The Hall–Kier alpha value is 2.22. The molecule has 0 bridgehead atoms. The second-order valence-electron chi connectivity index (χ2n) is 0.316. The SMILES string of the molecule is C.C.CCO.CO.[Rh].[Rh].[U]. The summed E-state index contributed by atoms with van der Waals surface area (Å²) in [4.78, 5) is 0. The minimum Gasteiger partial charge on any atom is -0.400 e. The molecule has 0 fully saturated rings. The molecule has 0 rings (SSSR count). The zero-order chi connectivity index (χ0) is 4.71. The van der Waals surface area contributed by atoms with Crippen molar-refractivity contribution in [1.29, 1.82) is 0 Å². The van der Waals surface area contributed by atoms with Crippen LogP contribution in [-0.4, -0.2) is 23.9 Å². The van der Waals surface area contributed by atoms with Crippen LogP contribution in [0.25, 0.3) is 0 Å². The monoisotopic (exact) mass is 554 g/mol. The number of hydrogen-bond donors (Lipinski definition) is 2. The Morgan fingerprint density at radius 1 is 1.00 bits per heavy atom. The van der Waals surface area contributed by atoms with E-state index in [4.69, 9.17) is 10.2 Å². The number of hydrogen-bond acceptors (Lipinski definition) is 2.